The molecule has 2 aromatic carbocycles. The predicted molar refractivity (Wildman–Crippen MR) is 104 cm³/mol. The number of carbonyl (C=O) groups excluding carboxylic acids is 1. The van der Waals surface area contributed by atoms with Gasteiger partial charge in [0.15, 0.2) is 11.5 Å². The molecular weight excluding hydrogens is 415 g/mol. The normalized spacial score (nSPS) is 12.3. The molecule has 2 aromatic rings. The van der Waals surface area contributed by atoms with E-state index >= 15 is 0 Å². The minimum Gasteiger partial charge on any atom is -0.493 e. The number of amides is 1. The Morgan fingerprint density at radius 1 is 1.04 bits per heavy atom. The van der Waals surface area contributed by atoms with E-state index in [1.165, 1.54) is 39.3 Å². The van der Waals surface area contributed by atoms with Crippen LogP contribution in [-0.4, -0.2) is 34.6 Å². The molecule has 0 aliphatic rings. The van der Waals surface area contributed by atoms with Gasteiger partial charge in [0, 0.05) is 6.07 Å². The van der Waals surface area contributed by atoms with Crippen molar-refractivity contribution in [1.29, 1.82) is 0 Å². The molecule has 0 radical (unpaired) electrons. The summed E-state index contributed by atoms with van der Waals surface area (Å²) in [5.41, 5.74) is 0.211. The van der Waals surface area contributed by atoms with Crippen molar-refractivity contribution in [3.63, 3.8) is 0 Å². The summed E-state index contributed by atoms with van der Waals surface area (Å²) < 4.78 is 37.6. The second-order valence-corrected chi connectivity index (χ2v) is 7.97. The summed E-state index contributed by atoms with van der Waals surface area (Å²) in [5, 5.41) is 3.00. The number of ether oxygens (including phenoxy) is 2. The van der Waals surface area contributed by atoms with Crippen molar-refractivity contribution in [2.45, 2.75) is 17.9 Å². The third kappa shape index (κ3) is 5.04. The van der Waals surface area contributed by atoms with Gasteiger partial charge in [-0.1, -0.05) is 29.3 Å². The third-order valence-electron chi connectivity index (χ3n) is 3.60. The molecule has 1 atom stereocenters. The maximum absolute atomic E-state index is 12.6. The van der Waals surface area contributed by atoms with Crippen molar-refractivity contribution in [2.24, 2.45) is 0 Å². The number of halogens is 2. The molecule has 0 heterocycles. The SMILES string of the molecule is COc1ccc(S(=O)(=O)N[C@@H](C)C(=O)Nc2c(Cl)cccc2Cl)cc1OC. The van der Waals surface area contributed by atoms with Gasteiger partial charge in [-0.15, -0.1) is 0 Å². The molecule has 2 N–H and O–H groups in total. The van der Waals surface area contributed by atoms with Crippen LogP contribution in [0.15, 0.2) is 41.3 Å². The van der Waals surface area contributed by atoms with Gasteiger partial charge in [-0.2, -0.15) is 4.72 Å². The second kappa shape index (κ2) is 8.79. The molecule has 0 aliphatic heterocycles. The van der Waals surface area contributed by atoms with Crippen molar-refractivity contribution in [3.05, 3.63) is 46.4 Å². The van der Waals surface area contributed by atoms with E-state index < -0.39 is 22.0 Å². The number of hydrogen-bond acceptors (Lipinski definition) is 5. The first-order chi connectivity index (χ1) is 12.7. The van der Waals surface area contributed by atoms with Crippen LogP contribution in [-0.2, 0) is 14.8 Å². The summed E-state index contributed by atoms with van der Waals surface area (Å²) in [6.07, 6.45) is 0. The van der Waals surface area contributed by atoms with Gasteiger partial charge >= 0.3 is 0 Å². The fourth-order valence-corrected chi connectivity index (χ4v) is 3.90. The summed E-state index contributed by atoms with van der Waals surface area (Å²) in [7, 11) is -1.15. The van der Waals surface area contributed by atoms with Crippen molar-refractivity contribution in [2.75, 3.05) is 19.5 Å². The van der Waals surface area contributed by atoms with Crippen LogP contribution in [0.2, 0.25) is 10.0 Å². The van der Waals surface area contributed by atoms with Crippen LogP contribution in [0, 0.1) is 0 Å². The minimum absolute atomic E-state index is 0.0735. The predicted octanol–water partition coefficient (Wildman–Crippen LogP) is 3.32. The van der Waals surface area contributed by atoms with E-state index in [4.69, 9.17) is 32.7 Å². The fourth-order valence-electron chi connectivity index (χ4n) is 2.19. The first kappa shape index (κ1) is 21.3. The number of methoxy groups -OCH3 is 2. The summed E-state index contributed by atoms with van der Waals surface area (Å²) >= 11 is 12.0. The standard InChI is InChI=1S/C17H18Cl2N2O5S/c1-10(17(22)20-16-12(18)5-4-6-13(16)19)21-27(23,24)11-7-8-14(25-2)15(9-11)26-3/h4-10,21H,1-3H3,(H,20,22)/t10-/m0/s1. The molecule has 146 valence electrons. The van der Waals surface area contributed by atoms with E-state index in [1.54, 1.807) is 18.2 Å². The van der Waals surface area contributed by atoms with Crippen LogP contribution < -0.4 is 19.5 Å². The number of sulfonamides is 1. The number of anilines is 1. The molecule has 0 saturated carbocycles. The number of nitrogens with one attached hydrogen (secondary N) is 2. The number of para-hydroxylation sites is 1. The molecule has 7 nitrogen and oxygen atoms in total. The number of rotatable bonds is 7. The van der Waals surface area contributed by atoms with E-state index in [1.807, 2.05) is 0 Å². The first-order valence-corrected chi connectivity index (χ1v) is 9.92. The monoisotopic (exact) mass is 432 g/mol. The zero-order valence-electron chi connectivity index (χ0n) is 14.7. The van der Waals surface area contributed by atoms with Gasteiger partial charge in [0.2, 0.25) is 15.9 Å². The van der Waals surface area contributed by atoms with Gasteiger partial charge in [-0.25, -0.2) is 8.42 Å². The van der Waals surface area contributed by atoms with E-state index in [2.05, 4.69) is 10.0 Å². The van der Waals surface area contributed by atoms with Gasteiger partial charge in [0.1, 0.15) is 0 Å². The third-order valence-corrected chi connectivity index (χ3v) is 5.77. The van der Waals surface area contributed by atoms with E-state index in [0.29, 0.717) is 5.75 Å². The van der Waals surface area contributed by atoms with Crippen molar-refractivity contribution < 1.29 is 22.7 Å². The lowest BCUT2D eigenvalue weighted by Gasteiger charge is -2.16. The Labute approximate surface area is 167 Å². The molecule has 0 saturated heterocycles. The molecule has 2 rings (SSSR count). The molecule has 27 heavy (non-hydrogen) atoms. The van der Waals surface area contributed by atoms with Crippen LogP contribution in [0.5, 0.6) is 11.5 Å². The summed E-state index contributed by atoms with van der Waals surface area (Å²) in [6, 6.07) is 7.76. The quantitative estimate of drug-likeness (QED) is 0.699. The number of benzene rings is 2. The highest BCUT2D eigenvalue weighted by Crippen LogP contribution is 2.31. The van der Waals surface area contributed by atoms with E-state index in [-0.39, 0.29) is 26.4 Å². The summed E-state index contributed by atoms with van der Waals surface area (Å²) in [5.74, 6) is 0.0185. The van der Waals surface area contributed by atoms with Crippen molar-refractivity contribution in [1.82, 2.24) is 4.72 Å². The fraction of sp³-hybridized carbons (Fsp3) is 0.235. The maximum atomic E-state index is 12.6. The smallest absolute Gasteiger partial charge is 0.242 e. The van der Waals surface area contributed by atoms with Crippen LogP contribution >= 0.6 is 23.2 Å². The largest absolute Gasteiger partial charge is 0.493 e. The Hall–Kier alpha value is -2.00. The van der Waals surface area contributed by atoms with E-state index in [0.717, 1.165) is 0 Å². The molecular formula is C17H18Cl2N2O5S. The van der Waals surface area contributed by atoms with E-state index in [9.17, 15) is 13.2 Å². The Kier molecular flexibility index (Phi) is 6.94. The molecule has 0 fully saturated rings. The van der Waals surface area contributed by atoms with Crippen LogP contribution in [0.4, 0.5) is 5.69 Å². The van der Waals surface area contributed by atoms with Crippen LogP contribution in [0.25, 0.3) is 0 Å². The second-order valence-electron chi connectivity index (χ2n) is 5.45. The highest BCUT2D eigenvalue weighted by molar-refractivity contribution is 7.89. The zero-order chi connectivity index (χ0) is 20.2. The van der Waals surface area contributed by atoms with Gasteiger partial charge in [0.25, 0.3) is 0 Å². The molecule has 0 aliphatic carbocycles. The van der Waals surface area contributed by atoms with Crippen molar-refractivity contribution in [3.8, 4) is 11.5 Å². The molecule has 0 bridgehead atoms. The van der Waals surface area contributed by atoms with Crippen molar-refractivity contribution >= 4 is 44.8 Å². The number of carbonyl (C=O) groups is 1. The van der Waals surface area contributed by atoms with Gasteiger partial charge in [-0.05, 0) is 31.2 Å². The highest BCUT2D eigenvalue weighted by atomic mass is 35.5. The Morgan fingerprint density at radius 2 is 1.63 bits per heavy atom. The lowest BCUT2D eigenvalue weighted by Crippen LogP contribution is -2.41. The average molecular weight is 433 g/mol. The van der Waals surface area contributed by atoms with Crippen LogP contribution in [0.1, 0.15) is 6.92 Å². The Morgan fingerprint density at radius 3 is 2.19 bits per heavy atom. The minimum atomic E-state index is -3.99. The first-order valence-electron chi connectivity index (χ1n) is 7.69. The van der Waals surface area contributed by atoms with Crippen LogP contribution in [0.3, 0.4) is 0 Å². The molecule has 0 aromatic heterocycles. The lowest BCUT2D eigenvalue weighted by molar-refractivity contribution is -0.117. The lowest BCUT2D eigenvalue weighted by atomic mass is 10.3. The molecule has 0 spiro atoms. The molecule has 10 heteroatoms. The molecule has 1 amide bonds. The summed E-state index contributed by atoms with van der Waals surface area (Å²) in [6.45, 7) is 1.40. The topological polar surface area (TPSA) is 93.7 Å². The maximum Gasteiger partial charge on any atom is 0.242 e. The Balaban J connectivity index is 2.18. The zero-order valence-corrected chi connectivity index (χ0v) is 17.1. The molecule has 0 unspecified atom stereocenters. The summed E-state index contributed by atoms with van der Waals surface area (Å²) in [4.78, 5) is 12.3. The van der Waals surface area contributed by atoms with Gasteiger partial charge < -0.3 is 14.8 Å². The Bertz CT molecular complexity index is 930. The van der Waals surface area contributed by atoms with Gasteiger partial charge in [-0.3, -0.25) is 4.79 Å². The average Bonchev–Trinajstić information content (AvgIpc) is 2.63. The van der Waals surface area contributed by atoms with Gasteiger partial charge in [0.05, 0.1) is 40.9 Å². The number of hydrogen-bond donors (Lipinski definition) is 2. The highest BCUT2D eigenvalue weighted by Gasteiger charge is 2.24.